The molecule has 0 atom stereocenters. The first-order valence-electron chi connectivity index (χ1n) is 9.81. The molecule has 0 bridgehead atoms. The zero-order chi connectivity index (χ0) is 20.6. The Labute approximate surface area is 170 Å². The van der Waals surface area contributed by atoms with E-state index in [1.807, 2.05) is 24.3 Å². The summed E-state index contributed by atoms with van der Waals surface area (Å²) in [6.07, 6.45) is 2.77. The number of benzene rings is 2. The van der Waals surface area contributed by atoms with Crippen LogP contribution in [0.1, 0.15) is 36.8 Å². The molecular formula is C23H25N3O3. The summed E-state index contributed by atoms with van der Waals surface area (Å²) in [5.41, 5.74) is 2.19. The molecule has 1 fully saturated rings. The molecule has 1 aliphatic carbocycles. The van der Waals surface area contributed by atoms with E-state index in [2.05, 4.69) is 16.7 Å². The summed E-state index contributed by atoms with van der Waals surface area (Å²) < 4.78 is 5.31. The summed E-state index contributed by atoms with van der Waals surface area (Å²) in [5.74, 6) is 0.605. The number of nitrogens with one attached hydrogen (secondary N) is 2. The van der Waals surface area contributed by atoms with Crippen LogP contribution in [0.4, 0.5) is 5.69 Å². The molecule has 1 aliphatic rings. The molecule has 0 aliphatic heterocycles. The van der Waals surface area contributed by atoms with Gasteiger partial charge in [-0.2, -0.15) is 5.26 Å². The number of methoxy groups -OCH3 is 1. The maximum Gasteiger partial charge on any atom is 0.227 e. The van der Waals surface area contributed by atoms with Crippen molar-refractivity contribution < 1.29 is 14.3 Å². The number of nitriles is 1. The Kier molecular flexibility index (Phi) is 6.85. The lowest BCUT2D eigenvalue weighted by Crippen LogP contribution is -2.35. The quantitative estimate of drug-likeness (QED) is 0.787. The lowest BCUT2D eigenvalue weighted by Gasteiger charge is -2.27. The smallest absolute Gasteiger partial charge is 0.227 e. The maximum absolute atomic E-state index is 12.5. The van der Waals surface area contributed by atoms with Crippen LogP contribution in [-0.2, 0) is 16.1 Å². The summed E-state index contributed by atoms with van der Waals surface area (Å²) >= 11 is 0. The Bertz CT molecular complexity index is 894. The van der Waals surface area contributed by atoms with Crippen molar-refractivity contribution in [1.29, 1.82) is 5.26 Å². The van der Waals surface area contributed by atoms with E-state index in [4.69, 9.17) is 10.00 Å². The average Bonchev–Trinajstić information content (AvgIpc) is 2.78. The molecule has 6 heteroatoms. The van der Waals surface area contributed by atoms with Gasteiger partial charge in [-0.25, -0.2) is 0 Å². The van der Waals surface area contributed by atoms with E-state index in [1.165, 1.54) is 0 Å². The van der Waals surface area contributed by atoms with E-state index in [0.717, 1.165) is 11.3 Å². The average molecular weight is 391 g/mol. The number of carbonyl (C=O) groups excluding carboxylic acids is 2. The molecule has 2 aromatic rings. The summed E-state index contributed by atoms with van der Waals surface area (Å²) in [5, 5.41) is 14.7. The highest BCUT2D eigenvalue weighted by Crippen LogP contribution is 2.30. The third-order valence-corrected chi connectivity index (χ3v) is 5.40. The van der Waals surface area contributed by atoms with E-state index < -0.39 is 0 Å². The van der Waals surface area contributed by atoms with Crippen LogP contribution in [0.15, 0.2) is 48.5 Å². The minimum Gasteiger partial charge on any atom is -0.496 e. The van der Waals surface area contributed by atoms with Crippen molar-refractivity contribution in [3.8, 4) is 11.8 Å². The fourth-order valence-corrected chi connectivity index (χ4v) is 3.67. The molecule has 29 heavy (non-hydrogen) atoms. The second kappa shape index (κ2) is 9.74. The van der Waals surface area contributed by atoms with Crippen LogP contribution in [0.25, 0.3) is 0 Å². The lowest BCUT2D eigenvalue weighted by molar-refractivity contribution is -0.128. The largest absolute Gasteiger partial charge is 0.496 e. The summed E-state index contributed by atoms with van der Waals surface area (Å²) in [6.45, 7) is 0.432. The number of amides is 2. The molecule has 1 saturated carbocycles. The zero-order valence-electron chi connectivity index (χ0n) is 16.5. The maximum atomic E-state index is 12.5. The summed E-state index contributed by atoms with van der Waals surface area (Å²) in [7, 11) is 1.62. The fourth-order valence-electron chi connectivity index (χ4n) is 3.67. The van der Waals surface area contributed by atoms with Crippen LogP contribution >= 0.6 is 0 Å². The van der Waals surface area contributed by atoms with Gasteiger partial charge in [0.2, 0.25) is 11.8 Å². The first kappa shape index (κ1) is 20.4. The monoisotopic (exact) mass is 391 g/mol. The number of carbonyl (C=O) groups is 2. The van der Waals surface area contributed by atoms with Gasteiger partial charge < -0.3 is 15.4 Å². The van der Waals surface area contributed by atoms with Gasteiger partial charge in [-0.3, -0.25) is 9.59 Å². The first-order chi connectivity index (χ1) is 14.1. The standard InChI is InChI=1S/C23H25N3O3/c1-29-21-5-3-2-4-19(21)15-25-22(27)17-8-10-18(11-9-17)23(28)26-20-12-6-16(14-24)7-13-20/h2-7,12-13,17-18H,8-11,15H2,1H3,(H,25,27)(H,26,28). The van der Waals surface area contributed by atoms with Gasteiger partial charge in [-0.1, -0.05) is 18.2 Å². The third-order valence-electron chi connectivity index (χ3n) is 5.40. The van der Waals surface area contributed by atoms with Crippen LogP contribution in [0.2, 0.25) is 0 Å². The van der Waals surface area contributed by atoms with Crippen molar-refractivity contribution in [3.05, 3.63) is 59.7 Å². The van der Waals surface area contributed by atoms with Crippen molar-refractivity contribution in [2.45, 2.75) is 32.2 Å². The minimum atomic E-state index is -0.0936. The van der Waals surface area contributed by atoms with Crippen LogP contribution < -0.4 is 15.4 Å². The predicted octanol–water partition coefficient (Wildman–Crippen LogP) is 3.63. The van der Waals surface area contributed by atoms with Gasteiger partial charge in [0.1, 0.15) is 5.75 Å². The van der Waals surface area contributed by atoms with E-state index in [-0.39, 0.29) is 23.7 Å². The van der Waals surface area contributed by atoms with E-state index in [9.17, 15) is 9.59 Å². The van der Waals surface area contributed by atoms with E-state index >= 15 is 0 Å². The molecule has 2 amide bonds. The normalized spacial score (nSPS) is 18.3. The Balaban J connectivity index is 1.46. The highest BCUT2D eigenvalue weighted by atomic mass is 16.5. The van der Waals surface area contributed by atoms with Crippen molar-refractivity contribution in [2.75, 3.05) is 12.4 Å². The van der Waals surface area contributed by atoms with Gasteiger partial charge in [-0.05, 0) is 56.0 Å². The topological polar surface area (TPSA) is 91.2 Å². The molecule has 150 valence electrons. The second-order valence-corrected chi connectivity index (χ2v) is 7.26. The van der Waals surface area contributed by atoms with Gasteiger partial charge in [0.05, 0.1) is 18.7 Å². The van der Waals surface area contributed by atoms with Crippen molar-refractivity contribution in [1.82, 2.24) is 5.32 Å². The van der Waals surface area contributed by atoms with Gasteiger partial charge in [0.25, 0.3) is 0 Å². The Morgan fingerprint density at radius 3 is 2.24 bits per heavy atom. The molecule has 0 heterocycles. The molecule has 0 unspecified atom stereocenters. The van der Waals surface area contributed by atoms with E-state index in [0.29, 0.717) is 43.5 Å². The van der Waals surface area contributed by atoms with E-state index in [1.54, 1.807) is 31.4 Å². The molecule has 0 aromatic heterocycles. The summed E-state index contributed by atoms with van der Waals surface area (Å²) in [6, 6.07) is 16.5. The highest BCUT2D eigenvalue weighted by Gasteiger charge is 2.30. The molecule has 3 rings (SSSR count). The number of nitrogens with zero attached hydrogens (tertiary/aromatic N) is 1. The molecule has 0 radical (unpaired) electrons. The minimum absolute atomic E-state index is 0.0254. The first-order valence-corrected chi connectivity index (χ1v) is 9.81. The van der Waals surface area contributed by atoms with Crippen LogP contribution in [-0.4, -0.2) is 18.9 Å². The molecule has 6 nitrogen and oxygen atoms in total. The van der Waals surface area contributed by atoms with Gasteiger partial charge in [-0.15, -0.1) is 0 Å². The van der Waals surface area contributed by atoms with Gasteiger partial charge in [0, 0.05) is 29.6 Å². The van der Waals surface area contributed by atoms with Crippen LogP contribution in [0, 0.1) is 23.2 Å². The lowest BCUT2D eigenvalue weighted by atomic mass is 9.81. The number of hydrogen-bond acceptors (Lipinski definition) is 4. The van der Waals surface area contributed by atoms with Crippen LogP contribution in [0.3, 0.4) is 0 Å². The SMILES string of the molecule is COc1ccccc1CNC(=O)C1CCC(C(=O)Nc2ccc(C#N)cc2)CC1. The number of rotatable bonds is 6. The van der Waals surface area contributed by atoms with Crippen molar-refractivity contribution >= 4 is 17.5 Å². The van der Waals surface area contributed by atoms with Gasteiger partial charge in [0.15, 0.2) is 0 Å². The van der Waals surface area contributed by atoms with Crippen molar-refractivity contribution in [3.63, 3.8) is 0 Å². The Morgan fingerprint density at radius 2 is 1.62 bits per heavy atom. The molecule has 2 aromatic carbocycles. The zero-order valence-corrected chi connectivity index (χ0v) is 16.5. The second-order valence-electron chi connectivity index (χ2n) is 7.26. The van der Waals surface area contributed by atoms with Gasteiger partial charge >= 0.3 is 0 Å². The number of para-hydroxylation sites is 1. The number of anilines is 1. The molecule has 2 N–H and O–H groups in total. The fraction of sp³-hybridized carbons (Fsp3) is 0.348. The summed E-state index contributed by atoms with van der Waals surface area (Å²) in [4.78, 5) is 25.0. The van der Waals surface area contributed by atoms with Crippen molar-refractivity contribution in [2.24, 2.45) is 11.8 Å². The molecular weight excluding hydrogens is 366 g/mol. The highest BCUT2D eigenvalue weighted by molar-refractivity contribution is 5.92. The number of hydrogen-bond donors (Lipinski definition) is 2. The van der Waals surface area contributed by atoms with Crippen LogP contribution in [0.5, 0.6) is 5.75 Å². The third kappa shape index (κ3) is 5.35. The molecule has 0 spiro atoms. The number of ether oxygens (including phenoxy) is 1. The Hall–Kier alpha value is -3.33. The predicted molar refractivity (Wildman–Crippen MR) is 110 cm³/mol. The molecule has 0 saturated heterocycles. The Morgan fingerprint density at radius 1 is 1.00 bits per heavy atom.